The summed E-state index contributed by atoms with van der Waals surface area (Å²) in [6.45, 7) is 2.64. The average molecular weight is 816 g/mol. The van der Waals surface area contributed by atoms with Crippen LogP contribution in [0.5, 0.6) is 0 Å². The zero-order chi connectivity index (χ0) is 41.8. The van der Waals surface area contributed by atoms with Gasteiger partial charge in [-0.05, 0) is 51.4 Å². The Labute approximate surface area is 341 Å². The third-order valence-electron chi connectivity index (χ3n) is 10.5. The first-order chi connectivity index (χ1) is 27.6. The molecule has 2 saturated heterocycles. The summed E-state index contributed by atoms with van der Waals surface area (Å²) in [5.74, 6) is -0.266. The van der Waals surface area contributed by atoms with Crippen LogP contribution in [0.15, 0.2) is 36.5 Å². The molecule has 57 heavy (non-hydrogen) atoms. The number of carbonyl (C=O) groups is 1. The van der Waals surface area contributed by atoms with E-state index in [1.807, 2.05) is 6.08 Å². The number of ether oxygens (including phenoxy) is 4. The van der Waals surface area contributed by atoms with Gasteiger partial charge in [0, 0.05) is 6.42 Å². The molecule has 332 valence electrons. The maximum Gasteiger partial charge on any atom is 0.220 e. The summed E-state index contributed by atoms with van der Waals surface area (Å²) in [5, 5.41) is 86.2. The Morgan fingerprint density at radius 2 is 1.16 bits per heavy atom. The molecule has 0 saturated carbocycles. The lowest BCUT2D eigenvalue weighted by Crippen LogP contribution is -2.65. The minimum absolute atomic E-state index is 0.262. The van der Waals surface area contributed by atoms with Crippen LogP contribution in [0.4, 0.5) is 0 Å². The lowest BCUT2D eigenvalue weighted by molar-refractivity contribution is -0.359. The van der Waals surface area contributed by atoms with Crippen molar-refractivity contribution in [2.45, 2.75) is 209 Å². The molecule has 0 aromatic rings. The molecule has 2 aliphatic rings. The van der Waals surface area contributed by atoms with E-state index in [9.17, 15) is 45.6 Å². The Hall–Kier alpha value is -1.79. The maximum atomic E-state index is 13.0. The molecule has 0 aromatic carbocycles. The van der Waals surface area contributed by atoms with Crippen LogP contribution < -0.4 is 5.32 Å². The fourth-order valence-electron chi connectivity index (χ4n) is 6.89. The minimum Gasteiger partial charge on any atom is -0.394 e. The first-order valence-corrected chi connectivity index (χ1v) is 21.7. The number of hydrogen-bond donors (Lipinski definition) is 9. The van der Waals surface area contributed by atoms with Crippen LogP contribution in [0.3, 0.4) is 0 Å². The van der Waals surface area contributed by atoms with Crippen molar-refractivity contribution in [1.82, 2.24) is 5.32 Å². The smallest absolute Gasteiger partial charge is 0.220 e. The Morgan fingerprint density at radius 3 is 1.79 bits per heavy atom. The molecule has 1 amide bonds. The van der Waals surface area contributed by atoms with E-state index in [2.05, 4.69) is 43.5 Å². The van der Waals surface area contributed by atoms with Crippen molar-refractivity contribution in [2.24, 2.45) is 0 Å². The number of allylic oxidation sites excluding steroid dienone is 5. The van der Waals surface area contributed by atoms with E-state index in [0.717, 1.165) is 57.8 Å². The third kappa shape index (κ3) is 19.9. The van der Waals surface area contributed by atoms with Gasteiger partial charge in [-0.15, -0.1) is 0 Å². The monoisotopic (exact) mass is 816 g/mol. The van der Waals surface area contributed by atoms with Gasteiger partial charge in [-0.25, -0.2) is 0 Å². The number of hydrogen-bond acceptors (Lipinski definition) is 13. The third-order valence-corrected chi connectivity index (χ3v) is 10.5. The minimum atomic E-state index is -1.79. The highest BCUT2D eigenvalue weighted by molar-refractivity contribution is 5.76. The largest absolute Gasteiger partial charge is 0.394 e. The summed E-state index contributed by atoms with van der Waals surface area (Å²) in [6, 6.07) is -0.930. The van der Waals surface area contributed by atoms with Crippen molar-refractivity contribution in [1.29, 1.82) is 0 Å². The van der Waals surface area contributed by atoms with Gasteiger partial charge in [-0.3, -0.25) is 4.79 Å². The lowest BCUT2D eigenvalue weighted by Gasteiger charge is -2.46. The summed E-state index contributed by atoms with van der Waals surface area (Å²) >= 11 is 0. The van der Waals surface area contributed by atoms with Crippen molar-refractivity contribution in [2.75, 3.05) is 19.8 Å². The summed E-state index contributed by atoms with van der Waals surface area (Å²) in [4.78, 5) is 13.0. The first-order valence-electron chi connectivity index (χ1n) is 21.7. The maximum absolute atomic E-state index is 13.0. The van der Waals surface area contributed by atoms with Crippen LogP contribution in [-0.4, -0.2) is 140 Å². The molecule has 9 N–H and O–H groups in total. The molecule has 2 heterocycles. The van der Waals surface area contributed by atoms with Gasteiger partial charge in [0.2, 0.25) is 5.91 Å². The van der Waals surface area contributed by atoms with E-state index in [1.54, 1.807) is 6.08 Å². The molecule has 0 radical (unpaired) electrons. The van der Waals surface area contributed by atoms with Crippen molar-refractivity contribution >= 4 is 5.91 Å². The standard InChI is InChI=1S/C43H77NO13/c1-3-5-7-9-11-13-15-16-17-18-20-22-24-26-32(47)31(44-35(48)27-25-23-21-19-14-12-10-8-6-4-2)30-54-42-40(53)38(51)41(34(29-46)56-42)57-43-39(52)37(50)36(49)33(28-45)55-43/h8,10,17-18,24,26,31-34,36-43,45-47,49-53H,3-7,9,11-16,19-23,25,27-30H2,1-2H3,(H,44,48)/b10-8-,18-17+,26-24+. The van der Waals surface area contributed by atoms with Gasteiger partial charge in [-0.1, -0.05) is 115 Å². The zero-order valence-corrected chi connectivity index (χ0v) is 34.6. The van der Waals surface area contributed by atoms with Crippen molar-refractivity contribution < 1.29 is 64.6 Å². The SMILES string of the molecule is CCC/C=C\CCCCCCCC(=O)NC(COC1OC(CO)C(OC2OC(CO)C(O)C(O)C2O)C(O)C1O)C(O)/C=C/CC/C=C/CCCCCCCCC. The highest BCUT2D eigenvalue weighted by atomic mass is 16.7. The second kappa shape index (κ2) is 31.1. The predicted octanol–water partition coefficient (Wildman–Crippen LogP) is 3.59. The molecular formula is C43H77NO13. The van der Waals surface area contributed by atoms with E-state index in [-0.39, 0.29) is 18.9 Å². The van der Waals surface area contributed by atoms with Gasteiger partial charge < -0.3 is 65.1 Å². The normalized spacial score (nSPS) is 29.4. The van der Waals surface area contributed by atoms with Crippen LogP contribution in [0.1, 0.15) is 136 Å². The molecule has 2 aliphatic heterocycles. The molecule has 12 atom stereocenters. The number of aliphatic hydroxyl groups is 8. The van der Waals surface area contributed by atoms with E-state index in [1.165, 1.54) is 44.9 Å². The van der Waals surface area contributed by atoms with Crippen molar-refractivity contribution in [3.8, 4) is 0 Å². The molecule has 0 bridgehead atoms. The topological polar surface area (TPSA) is 228 Å². The van der Waals surface area contributed by atoms with Crippen molar-refractivity contribution in [3.05, 3.63) is 36.5 Å². The Balaban J connectivity index is 1.95. The quantitative estimate of drug-likeness (QED) is 0.0361. The van der Waals surface area contributed by atoms with Gasteiger partial charge in [-0.2, -0.15) is 0 Å². The average Bonchev–Trinajstić information content (AvgIpc) is 3.21. The number of amides is 1. The second-order valence-corrected chi connectivity index (χ2v) is 15.5. The van der Waals surface area contributed by atoms with E-state index < -0.39 is 86.8 Å². The van der Waals surface area contributed by atoms with Gasteiger partial charge in [0.25, 0.3) is 0 Å². The summed E-state index contributed by atoms with van der Waals surface area (Å²) in [7, 11) is 0. The number of rotatable bonds is 31. The van der Waals surface area contributed by atoms with E-state index in [0.29, 0.717) is 12.8 Å². The lowest BCUT2D eigenvalue weighted by atomic mass is 9.97. The Morgan fingerprint density at radius 1 is 0.614 bits per heavy atom. The molecule has 2 fully saturated rings. The van der Waals surface area contributed by atoms with E-state index >= 15 is 0 Å². The highest BCUT2D eigenvalue weighted by Crippen LogP contribution is 2.30. The van der Waals surface area contributed by atoms with Gasteiger partial charge in [0.1, 0.15) is 48.8 Å². The molecule has 0 spiro atoms. The molecule has 14 heteroatoms. The number of unbranched alkanes of at least 4 members (excludes halogenated alkanes) is 14. The fourth-order valence-corrected chi connectivity index (χ4v) is 6.89. The number of aliphatic hydroxyl groups excluding tert-OH is 8. The molecule has 0 aliphatic carbocycles. The Kier molecular flexibility index (Phi) is 28.1. The number of nitrogens with one attached hydrogen (secondary N) is 1. The summed E-state index contributed by atoms with van der Waals surface area (Å²) in [5.41, 5.74) is 0. The fraction of sp³-hybridized carbons (Fsp3) is 0.837. The highest BCUT2D eigenvalue weighted by Gasteiger charge is 2.50. The van der Waals surface area contributed by atoms with Gasteiger partial charge in [0.15, 0.2) is 12.6 Å². The molecule has 0 aromatic heterocycles. The molecule has 14 nitrogen and oxygen atoms in total. The zero-order valence-electron chi connectivity index (χ0n) is 34.6. The molecule has 2 rings (SSSR count). The summed E-state index contributed by atoms with van der Waals surface area (Å²) < 4.78 is 22.5. The Bertz CT molecular complexity index is 1100. The molecular weight excluding hydrogens is 738 g/mol. The van der Waals surface area contributed by atoms with Gasteiger partial charge in [0.05, 0.1) is 32.0 Å². The second-order valence-electron chi connectivity index (χ2n) is 15.5. The van der Waals surface area contributed by atoms with Crippen molar-refractivity contribution in [3.63, 3.8) is 0 Å². The van der Waals surface area contributed by atoms with Gasteiger partial charge >= 0.3 is 0 Å². The molecule has 12 unspecified atom stereocenters. The number of carbonyl (C=O) groups excluding carboxylic acids is 1. The van der Waals surface area contributed by atoms with Crippen LogP contribution in [0.25, 0.3) is 0 Å². The summed E-state index contributed by atoms with van der Waals surface area (Å²) in [6.07, 6.45) is 14.9. The predicted molar refractivity (Wildman–Crippen MR) is 217 cm³/mol. The van der Waals surface area contributed by atoms with Crippen LogP contribution in [0, 0.1) is 0 Å². The van der Waals surface area contributed by atoms with Crippen LogP contribution in [-0.2, 0) is 23.7 Å². The first kappa shape index (κ1) is 51.4. The van der Waals surface area contributed by atoms with Crippen LogP contribution >= 0.6 is 0 Å². The van der Waals surface area contributed by atoms with E-state index in [4.69, 9.17) is 18.9 Å². The van der Waals surface area contributed by atoms with Crippen LogP contribution in [0.2, 0.25) is 0 Å².